The van der Waals surface area contributed by atoms with E-state index >= 15 is 0 Å². The Hall–Kier alpha value is -0.940. The van der Waals surface area contributed by atoms with Crippen molar-refractivity contribution in [2.45, 2.75) is 18.2 Å². The van der Waals surface area contributed by atoms with Gasteiger partial charge in [0.2, 0.25) is 0 Å². The van der Waals surface area contributed by atoms with Crippen LogP contribution in [0.1, 0.15) is 12.0 Å². The molecule has 0 aliphatic heterocycles. The number of rotatable bonds is 5. The molecule has 0 spiro atoms. The highest BCUT2D eigenvalue weighted by atomic mass is 32.2. The van der Waals surface area contributed by atoms with E-state index < -0.39 is 16.8 Å². The molecule has 0 amide bonds. The second kappa shape index (κ2) is 5.23. The molecule has 3 nitrogen and oxygen atoms in total. The summed E-state index contributed by atoms with van der Waals surface area (Å²) in [5.41, 5.74) is 0.970. The Labute approximate surface area is 89.0 Å². The third-order valence-corrected chi connectivity index (χ3v) is 3.15. The number of hydrogen-bond acceptors (Lipinski definition) is 3. The second-order valence-corrected chi connectivity index (χ2v) is 4.75. The van der Waals surface area contributed by atoms with Gasteiger partial charge in [0, 0.05) is 6.42 Å². The van der Waals surface area contributed by atoms with Crippen molar-refractivity contribution in [2.24, 2.45) is 0 Å². The molecule has 1 aromatic rings. The normalized spacial score (nSPS) is 11.6. The van der Waals surface area contributed by atoms with Gasteiger partial charge in [-0.15, -0.1) is 0 Å². The monoisotopic (exact) mass is 231 g/mol. The Morgan fingerprint density at radius 3 is 2.40 bits per heavy atom. The van der Waals surface area contributed by atoms with Crippen molar-refractivity contribution in [1.82, 2.24) is 0 Å². The van der Waals surface area contributed by atoms with E-state index in [0.717, 1.165) is 5.56 Å². The summed E-state index contributed by atoms with van der Waals surface area (Å²) in [5.74, 6) is 0. The van der Waals surface area contributed by atoms with Crippen molar-refractivity contribution in [3.63, 3.8) is 0 Å². The molecule has 0 aliphatic carbocycles. The van der Waals surface area contributed by atoms with Crippen molar-refractivity contribution in [3.8, 4) is 0 Å². The first-order chi connectivity index (χ1) is 7.06. The fourth-order valence-electron chi connectivity index (χ4n) is 0.996. The molecule has 15 heavy (non-hydrogen) atoms. The summed E-state index contributed by atoms with van der Waals surface area (Å²) < 4.78 is 39.3. The highest BCUT2D eigenvalue weighted by Crippen LogP contribution is 2.13. The maximum absolute atomic E-state index is 11.7. The quantitative estimate of drug-likeness (QED) is 0.575. The zero-order valence-electron chi connectivity index (χ0n) is 8.44. The summed E-state index contributed by atoms with van der Waals surface area (Å²) in [6.45, 7) is 1.16. The maximum atomic E-state index is 11.7. The van der Waals surface area contributed by atoms with Gasteiger partial charge < -0.3 is 0 Å². The molecular formula is C10H13FO3S. The minimum absolute atomic E-state index is 0.0884. The Kier molecular flexibility index (Phi) is 4.23. The van der Waals surface area contributed by atoms with Gasteiger partial charge in [-0.1, -0.05) is 17.7 Å². The molecule has 84 valence electrons. The predicted octanol–water partition coefficient (Wildman–Crippen LogP) is 2.06. The number of benzene rings is 1. The lowest BCUT2D eigenvalue weighted by atomic mass is 10.2. The average molecular weight is 231 g/mol. The summed E-state index contributed by atoms with van der Waals surface area (Å²) in [6.07, 6.45) is 0.0884. The Morgan fingerprint density at radius 1 is 1.27 bits per heavy atom. The number of alkyl halides is 1. The lowest BCUT2D eigenvalue weighted by Crippen LogP contribution is -2.07. The minimum atomic E-state index is -3.72. The SMILES string of the molecule is Cc1ccc(S(=O)(=O)OCCC[18F])cc1. The van der Waals surface area contributed by atoms with Crippen LogP contribution < -0.4 is 0 Å². The smallest absolute Gasteiger partial charge is 0.266 e. The predicted molar refractivity (Wildman–Crippen MR) is 54.9 cm³/mol. The van der Waals surface area contributed by atoms with Crippen LogP contribution in [0.5, 0.6) is 0 Å². The summed E-state index contributed by atoms with van der Waals surface area (Å²) in [4.78, 5) is 0.104. The van der Waals surface area contributed by atoms with Gasteiger partial charge in [-0.25, -0.2) is 0 Å². The van der Waals surface area contributed by atoms with Gasteiger partial charge in [0.15, 0.2) is 0 Å². The molecule has 0 N–H and O–H groups in total. The van der Waals surface area contributed by atoms with Gasteiger partial charge in [0.1, 0.15) is 0 Å². The standard InChI is InChI=1S/C10H13FO3S/c1-9-3-5-10(6-4-9)15(12,13)14-8-2-7-11/h3-6H,2,7-8H2,1H3/i11-1. The highest BCUT2D eigenvalue weighted by Gasteiger charge is 2.13. The van der Waals surface area contributed by atoms with Crippen LogP contribution >= 0.6 is 0 Å². The lowest BCUT2D eigenvalue weighted by Gasteiger charge is -2.04. The average Bonchev–Trinajstić information content (AvgIpc) is 2.18. The fraction of sp³-hybridized carbons (Fsp3) is 0.400. The van der Waals surface area contributed by atoms with Gasteiger partial charge in [-0.3, -0.25) is 8.57 Å². The van der Waals surface area contributed by atoms with Crippen LogP contribution in [0.2, 0.25) is 0 Å². The third-order valence-electron chi connectivity index (χ3n) is 1.83. The molecule has 0 aliphatic rings. The van der Waals surface area contributed by atoms with E-state index in [4.69, 9.17) is 0 Å². The zero-order valence-corrected chi connectivity index (χ0v) is 9.26. The van der Waals surface area contributed by atoms with Crippen LogP contribution in [-0.4, -0.2) is 21.7 Å². The first-order valence-electron chi connectivity index (χ1n) is 4.58. The molecule has 5 heteroatoms. The molecule has 1 rings (SSSR count). The van der Waals surface area contributed by atoms with Gasteiger partial charge in [0.25, 0.3) is 10.1 Å². The van der Waals surface area contributed by atoms with Gasteiger partial charge in [-0.2, -0.15) is 8.42 Å². The van der Waals surface area contributed by atoms with E-state index in [1.54, 1.807) is 12.1 Å². The van der Waals surface area contributed by atoms with Gasteiger partial charge in [-0.05, 0) is 19.1 Å². The number of halogens is 1. The number of aryl methyl sites for hydroxylation is 1. The maximum Gasteiger partial charge on any atom is 0.296 e. The van der Waals surface area contributed by atoms with E-state index in [1.807, 2.05) is 6.92 Å². The van der Waals surface area contributed by atoms with Crippen LogP contribution in [-0.2, 0) is 14.3 Å². The third kappa shape index (κ3) is 3.60. The van der Waals surface area contributed by atoms with Gasteiger partial charge >= 0.3 is 0 Å². The highest BCUT2D eigenvalue weighted by molar-refractivity contribution is 7.86. The second-order valence-electron chi connectivity index (χ2n) is 3.13. The van der Waals surface area contributed by atoms with Crippen molar-refractivity contribution < 1.29 is 17.0 Å². The van der Waals surface area contributed by atoms with Crippen LogP contribution in [0.25, 0.3) is 0 Å². The molecule has 0 bridgehead atoms. The van der Waals surface area contributed by atoms with E-state index in [-0.39, 0.29) is 17.9 Å². The Bertz CT molecular complexity index is 397. The van der Waals surface area contributed by atoms with Crippen molar-refractivity contribution in [3.05, 3.63) is 29.8 Å². The van der Waals surface area contributed by atoms with Crippen LogP contribution in [0, 0.1) is 6.92 Å². The molecule has 0 saturated carbocycles. The molecule has 0 unspecified atom stereocenters. The van der Waals surface area contributed by atoms with Gasteiger partial charge in [0.05, 0.1) is 18.2 Å². The van der Waals surface area contributed by atoms with Crippen molar-refractivity contribution in [2.75, 3.05) is 13.3 Å². The topological polar surface area (TPSA) is 43.4 Å². The number of hydrogen-bond donors (Lipinski definition) is 0. The molecule has 0 saturated heterocycles. The first-order valence-corrected chi connectivity index (χ1v) is 5.99. The van der Waals surface area contributed by atoms with E-state index in [9.17, 15) is 12.8 Å². The van der Waals surface area contributed by atoms with Crippen molar-refractivity contribution >= 4 is 10.1 Å². The first kappa shape index (κ1) is 12.1. The van der Waals surface area contributed by atoms with Crippen LogP contribution in [0.4, 0.5) is 4.39 Å². The molecule has 0 heterocycles. The molecule has 0 radical (unpaired) electrons. The van der Waals surface area contributed by atoms with E-state index in [1.165, 1.54) is 12.1 Å². The molecule has 0 atom stereocenters. The summed E-state index contributed by atoms with van der Waals surface area (Å²) in [7, 11) is -3.72. The van der Waals surface area contributed by atoms with E-state index in [2.05, 4.69) is 4.18 Å². The zero-order chi connectivity index (χ0) is 11.3. The largest absolute Gasteiger partial charge is 0.296 e. The molecule has 0 aromatic heterocycles. The Balaban J connectivity index is 2.73. The summed E-state index contributed by atoms with van der Waals surface area (Å²) in [6, 6.07) is 6.32. The molecule has 1 aromatic carbocycles. The minimum Gasteiger partial charge on any atom is -0.266 e. The van der Waals surface area contributed by atoms with E-state index in [0.29, 0.717) is 0 Å². The van der Waals surface area contributed by atoms with Crippen LogP contribution in [0.15, 0.2) is 29.2 Å². The fourth-order valence-corrected chi connectivity index (χ4v) is 1.94. The summed E-state index contributed by atoms with van der Waals surface area (Å²) in [5, 5.41) is 0. The van der Waals surface area contributed by atoms with Crippen molar-refractivity contribution in [1.29, 1.82) is 0 Å². The van der Waals surface area contributed by atoms with Crippen LogP contribution in [0.3, 0.4) is 0 Å². The molecular weight excluding hydrogens is 218 g/mol. The molecule has 0 fully saturated rings. The summed E-state index contributed by atoms with van der Waals surface area (Å²) >= 11 is 0. The lowest BCUT2D eigenvalue weighted by molar-refractivity contribution is 0.292. The Morgan fingerprint density at radius 2 is 1.87 bits per heavy atom.